The lowest BCUT2D eigenvalue weighted by molar-refractivity contribution is 0.0694. The Kier molecular flexibility index (Phi) is 4.65. The number of carboxylic acid groups (broad SMARTS) is 1. The Morgan fingerprint density at radius 2 is 1.82 bits per heavy atom. The summed E-state index contributed by atoms with van der Waals surface area (Å²) in [6.45, 7) is 4.43. The van der Waals surface area contributed by atoms with Crippen LogP contribution in [0.5, 0.6) is 5.75 Å². The highest BCUT2D eigenvalue weighted by Crippen LogP contribution is 2.22. The van der Waals surface area contributed by atoms with Crippen molar-refractivity contribution in [1.29, 1.82) is 0 Å². The van der Waals surface area contributed by atoms with Gasteiger partial charge in [0.15, 0.2) is 0 Å². The van der Waals surface area contributed by atoms with Crippen molar-refractivity contribution in [2.45, 2.75) is 20.4 Å². The number of carbonyl (C=O) groups is 1. The van der Waals surface area contributed by atoms with Crippen LogP contribution in [0.15, 0.2) is 41.2 Å². The SMILES string of the molecule is COc1ccc(-c2ccc(C(=O)O)c(=O)n2CC(C)C)cc1. The van der Waals surface area contributed by atoms with Crippen LogP contribution in [0.4, 0.5) is 0 Å². The van der Waals surface area contributed by atoms with Crippen molar-refractivity contribution in [3.63, 3.8) is 0 Å². The van der Waals surface area contributed by atoms with Crippen molar-refractivity contribution in [3.05, 3.63) is 52.3 Å². The van der Waals surface area contributed by atoms with Crippen LogP contribution < -0.4 is 10.3 Å². The molecule has 2 aromatic rings. The van der Waals surface area contributed by atoms with E-state index in [1.54, 1.807) is 13.2 Å². The maximum Gasteiger partial charge on any atom is 0.341 e. The number of aromatic nitrogens is 1. The van der Waals surface area contributed by atoms with Crippen LogP contribution in [0.3, 0.4) is 0 Å². The molecule has 0 bridgehead atoms. The second-order valence-electron chi connectivity index (χ2n) is 5.48. The van der Waals surface area contributed by atoms with Gasteiger partial charge in [0, 0.05) is 6.54 Å². The zero-order chi connectivity index (χ0) is 16.3. The van der Waals surface area contributed by atoms with Gasteiger partial charge in [0.25, 0.3) is 5.56 Å². The van der Waals surface area contributed by atoms with E-state index in [-0.39, 0.29) is 11.5 Å². The number of nitrogens with zero attached hydrogens (tertiary/aromatic N) is 1. The lowest BCUT2D eigenvalue weighted by Gasteiger charge is -2.16. The van der Waals surface area contributed by atoms with Gasteiger partial charge in [0.05, 0.1) is 12.8 Å². The second-order valence-corrected chi connectivity index (χ2v) is 5.48. The predicted octanol–water partition coefficient (Wildman–Crippen LogP) is 2.88. The standard InChI is InChI=1S/C17H19NO4/c1-11(2)10-18-15(9-8-14(16(18)19)17(20)21)12-4-6-13(22-3)7-5-12/h4-9,11H,10H2,1-3H3,(H,20,21). The molecule has 22 heavy (non-hydrogen) atoms. The van der Waals surface area contributed by atoms with E-state index in [0.717, 1.165) is 11.3 Å². The summed E-state index contributed by atoms with van der Waals surface area (Å²) in [4.78, 5) is 23.6. The Labute approximate surface area is 128 Å². The van der Waals surface area contributed by atoms with Crippen LogP contribution in [-0.2, 0) is 6.54 Å². The van der Waals surface area contributed by atoms with Crippen molar-refractivity contribution in [2.24, 2.45) is 5.92 Å². The van der Waals surface area contributed by atoms with Crippen LogP contribution in [0, 0.1) is 5.92 Å². The summed E-state index contributed by atoms with van der Waals surface area (Å²) in [6.07, 6.45) is 0. The molecule has 2 rings (SSSR count). The van der Waals surface area contributed by atoms with Crippen LogP contribution in [0.2, 0.25) is 0 Å². The molecule has 0 radical (unpaired) electrons. The van der Waals surface area contributed by atoms with Crippen molar-refractivity contribution < 1.29 is 14.6 Å². The molecule has 0 aliphatic rings. The van der Waals surface area contributed by atoms with Gasteiger partial charge in [0.1, 0.15) is 11.3 Å². The van der Waals surface area contributed by atoms with Crippen LogP contribution in [0.25, 0.3) is 11.3 Å². The highest BCUT2D eigenvalue weighted by molar-refractivity contribution is 5.87. The quantitative estimate of drug-likeness (QED) is 0.922. The molecular formula is C17H19NO4. The van der Waals surface area contributed by atoms with Crippen molar-refractivity contribution in [3.8, 4) is 17.0 Å². The molecule has 0 spiro atoms. The zero-order valence-corrected chi connectivity index (χ0v) is 12.9. The minimum atomic E-state index is -1.20. The monoisotopic (exact) mass is 301 g/mol. The number of benzene rings is 1. The largest absolute Gasteiger partial charge is 0.497 e. The average Bonchev–Trinajstić information content (AvgIpc) is 2.48. The van der Waals surface area contributed by atoms with E-state index >= 15 is 0 Å². The molecule has 0 saturated carbocycles. The molecule has 0 aliphatic carbocycles. The highest BCUT2D eigenvalue weighted by Gasteiger charge is 2.15. The minimum Gasteiger partial charge on any atom is -0.497 e. The van der Waals surface area contributed by atoms with E-state index in [9.17, 15) is 9.59 Å². The maximum atomic E-state index is 12.4. The summed E-state index contributed by atoms with van der Waals surface area (Å²) in [5, 5.41) is 9.12. The van der Waals surface area contributed by atoms with Gasteiger partial charge < -0.3 is 14.4 Å². The van der Waals surface area contributed by atoms with Crippen molar-refractivity contribution in [2.75, 3.05) is 7.11 Å². The molecule has 116 valence electrons. The Morgan fingerprint density at radius 3 is 2.32 bits per heavy atom. The van der Waals surface area contributed by atoms with Gasteiger partial charge in [-0.15, -0.1) is 0 Å². The zero-order valence-electron chi connectivity index (χ0n) is 12.9. The Hall–Kier alpha value is -2.56. The number of carboxylic acids is 1. The fraction of sp³-hybridized carbons (Fsp3) is 0.294. The number of hydrogen-bond acceptors (Lipinski definition) is 3. The lowest BCUT2D eigenvalue weighted by atomic mass is 10.1. The molecule has 1 aromatic carbocycles. The fourth-order valence-corrected chi connectivity index (χ4v) is 2.30. The third kappa shape index (κ3) is 3.19. The van der Waals surface area contributed by atoms with E-state index in [1.807, 2.05) is 38.1 Å². The molecule has 0 amide bonds. The summed E-state index contributed by atoms with van der Waals surface area (Å²) in [5.41, 5.74) is 0.856. The number of rotatable bonds is 5. The Bertz CT molecular complexity index is 729. The molecule has 5 heteroatoms. The molecule has 0 saturated heterocycles. The fourth-order valence-electron chi connectivity index (χ4n) is 2.30. The molecule has 0 unspecified atom stereocenters. The average molecular weight is 301 g/mol. The Balaban J connectivity index is 2.61. The third-order valence-electron chi connectivity index (χ3n) is 3.34. The van der Waals surface area contributed by atoms with Crippen LogP contribution in [0.1, 0.15) is 24.2 Å². The van der Waals surface area contributed by atoms with Gasteiger partial charge in [-0.25, -0.2) is 4.79 Å². The van der Waals surface area contributed by atoms with Crippen LogP contribution >= 0.6 is 0 Å². The first-order valence-corrected chi connectivity index (χ1v) is 7.05. The third-order valence-corrected chi connectivity index (χ3v) is 3.34. The van der Waals surface area contributed by atoms with Gasteiger partial charge in [0.2, 0.25) is 0 Å². The molecular weight excluding hydrogens is 282 g/mol. The lowest BCUT2D eigenvalue weighted by Crippen LogP contribution is -2.29. The smallest absolute Gasteiger partial charge is 0.341 e. The second kappa shape index (κ2) is 6.47. The van der Waals surface area contributed by atoms with E-state index in [2.05, 4.69) is 0 Å². The molecule has 1 heterocycles. The highest BCUT2D eigenvalue weighted by atomic mass is 16.5. The molecule has 1 N–H and O–H groups in total. The van der Waals surface area contributed by atoms with Gasteiger partial charge in [-0.3, -0.25) is 4.79 Å². The van der Waals surface area contributed by atoms with Crippen LogP contribution in [-0.4, -0.2) is 22.8 Å². The summed E-state index contributed by atoms with van der Waals surface area (Å²) >= 11 is 0. The number of methoxy groups -OCH3 is 1. The first-order chi connectivity index (χ1) is 10.4. The van der Waals surface area contributed by atoms with Crippen molar-refractivity contribution >= 4 is 5.97 Å². The molecule has 0 atom stereocenters. The van der Waals surface area contributed by atoms with Gasteiger partial charge >= 0.3 is 5.97 Å². The molecule has 5 nitrogen and oxygen atoms in total. The normalized spacial score (nSPS) is 10.7. The summed E-state index contributed by atoms with van der Waals surface area (Å²) < 4.78 is 6.65. The summed E-state index contributed by atoms with van der Waals surface area (Å²) in [7, 11) is 1.59. The van der Waals surface area contributed by atoms with Crippen molar-refractivity contribution in [1.82, 2.24) is 4.57 Å². The van der Waals surface area contributed by atoms with Gasteiger partial charge in [-0.2, -0.15) is 0 Å². The van der Waals surface area contributed by atoms with Gasteiger partial charge in [-0.1, -0.05) is 13.8 Å². The maximum absolute atomic E-state index is 12.4. The summed E-state index contributed by atoms with van der Waals surface area (Å²) in [6, 6.07) is 10.4. The number of aromatic carboxylic acids is 1. The number of ether oxygens (including phenoxy) is 1. The molecule has 0 fully saturated rings. The first kappa shape index (κ1) is 15.8. The number of pyridine rings is 1. The van der Waals surface area contributed by atoms with E-state index in [0.29, 0.717) is 12.2 Å². The Morgan fingerprint density at radius 1 is 1.18 bits per heavy atom. The molecule has 1 aromatic heterocycles. The van der Waals surface area contributed by atoms with E-state index in [1.165, 1.54) is 10.6 Å². The minimum absolute atomic E-state index is 0.210. The molecule has 0 aliphatic heterocycles. The van der Waals surface area contributed by atoms with E-state index < -0.39 is 11.5 Å². The van der Waals surface area contributed by atoms with E-state index in [4.69, 9.17) is 9.84 Å². The predicted molar refractivity (Wildman–Crippen MR) is 84.5 cm³/mol. The summed E-state index contributed by atoms with van der Waals surface area (Å²) in [5.74, 6) is -0.258. The first-order valence-electron chi connectivity index (χ1n) is 7.05. The topological polar surface area (TPSA) is 68.5 Å². The van der Waals surface area contributed by atoms with Gasteiger partial charge in [-0.05, 0) is 47.9 Å². The number of hydrogen-bond donors (Lipinski definition) is 1.